The molecular formula is C10H15FN4O3S. The second kappa shape index (κ2) is 5.93. The van der Waals surface area contributed by atoms with E-state index in [-0.39, 0.29) is 17.2 Å². The molecule has 1 aromatic heterocycles. The fraction of sp³-hybridized carbons (Fsp3) is 0.400. The first-order valence-electron chi connectivity index (χ1n) is 5.34. The van der Waals surface area contributed by atoms with Gasteiger partial charge >= 0.3 is 0 Å². The lowest BCUT2D eigenvalue weighted by Gasteiger charge is -2.23. The molecule has 1 aromatic rings. The molecule has 3 N–H and O–H groups in total. The number of aromatic nitrogens is 1. The van der Waals surface area contributed by atoms with Gasteiger partial charge in [-0.05, 0) is 13.0 Å². The molecule has 0 radical (unpaired) electrons. The molecule has 1 unspecified atom stereocenters. The monoisotopic (exact) mass is 290 g/mol. The highest BCUT2D eigenvalue weighted by Crippen LogP contribution is 2.17. The smallest absolute Gasteiger partial charge is 0.244 e. The van der Waals surface area contributed by atoms with Crippen LogP contribution in [-0.2, 0) is 10.0 Å². The number of amidine groups is 1. The van der Waals surface area contributed by atoms with Gasteiger partial charge in [-0.1, -0.05) is 5.16 Å². The topological polar surface area (TPSA) is 109 Å². The molecule has 0 aliphatic rings. The van der Waals surface area contributed by atoms with Crippen molar-refractivity contribution in [2.45, 2.75) is 24.3 Å². The van der Waals surface area contributed by atoms with Crippen molar-refractivity contribution in [1.82, 2.24) is 9.29 Å². The van der Waals surface area contributed by atoms with Crippen LogP contribution in [0.3, 0.4) is 0 Å². The summed E-state index contributed by atoms with van der Waals surface area (Å²) in [5, 5.41) is 11.2. The molecule has 0 aliphatic heterocycles. The zero-order valence-electron chi connectivity index (χ0n) is 10.5. The number of hydrogen-bond acceptors (Lipinski definition) is 5. The minimum Gasteiger partial charge on any atom is -0.409 e. The van der Waals surface area contributed by atoms with Crippen molar-refractivity contribution in [3.63, 3.8) is 0 Å². The van der Waals surface area contributed by atoms with E-state index in [1.54, 1.807) is 6.92 Å². The highest BCUT2D eigenvalue weighted by molar-refractivity contribution is 7.89. The molecule has 106 valence electrons. The van der Waals surface area contributed by atoms with Crippen LogP contribution in [0.15, 0.2) is 28.5 Å². The lowest BCUT2D eigenvalue weighted by molar-refractivity contribution is 0.313. The van der Waals surface area contributed by atoms with Crippen molar-refractivity contribution in [3.05, 3.63) is 24.3 Å². The minimum absolute atomic E-state index is 0.0506. The summed E-state index contributed by atoms with van der Waals surface area (Å²) in [5.74, 6) is -0.828. The van der Waals surface area contributed by atoms with E-state index in [9.17, 15) is 12.8 Å². The van der Waals surface area contributed by atoms with E-state index < -0.39 is 21.9 Å². The average molecular weight is 290 g/mol. The normalized spacial score (nSPS) is 14.6. The first kappa shape index (κ1) is 15.3. The second-order valence-electron chi connectivity index (χ2n) is 4.00. The molecular weight excluding hydrogens is 275 g/mol. The number of halogens is 1. The van der Waals surface area contributed by atoms with Gasteiger partial charge in [-0.25, -0.2) is 12.8 Å². The number of rotatable bonds is 5. The summed E-state index contributed by atoms with van der Waals surface area (Å²) in [5.41, 5.74) is 5.32. The predicted octanol–water partition coefficient (Wildman–Crippen LogP) is 0.366. The maximum absolute atomic E-state index is 13.0. The summed E-state index contributed by atoms with van der Waals surface area (Å²) >= 11 is 0. The van der Waals surface area contributed by atoms with E-state index in [1.807, 2.05) is 0 Å². The Morgan fingerprint density at radius 1 is 1.63 bits per heavy atom. The molecule has 9 heteroatoms. The number of oxime groups is 1. The third-order valence-electron chi connectivity index (χ3n) is 2.61. The van der Waals surface area contributed by atoms with Crippen LogP contribution >= 0.6 is 0 Å². The van der Waals surface area contributed by atoms with Gasteiger partial charge in [-0.2, -0.15) is 4.31 Å². The van der Waals surface area contributed by atoms with Crippen LogP contribution in [0.25, 0.3) is 0 Å². The van der Waals surface area contributed by atoms with Crippen LogP contribution in [0.4, 0.5) is 4.39 Å². The van der Waals surface area contributed by atoms with Gasteiger partial charge in [0.1, 0.15) is 16.5 Å². The van der Waals surface area contributed by atoms with Crippen LogP contribution in [0.2, 0.25) is 0 Å². The van der Waals surface area contributed by atoms with Crippen molar-refractivity contribution in [2.24, 2.45) is 10.9 Å². The van der Waals surface area contributed by atoms with Crippen LogP contribution in [0.1, 0.15) is 13.3 Å². The Labute approximate surface area is 110 Å². The van der Waals surface area contributed by atoms with Gasteiger partial charge in [0.15, 0.2) is 0 Å². The number of hydrogen-bond donors (Lipinski definition) is 2. The van der Waals surface area contributed by atoms with E-state index in [0.717, 1.165) is 22.8 Å². The van der Waals surface area contributed by atoms with E-state index in [0.29, 0.717) is 0 Å². The summed E-state index contributed by atoms with van der Waals surface area (Å²) < 4.78 is 38.4. The Balaban J connectivity index is 3.00. The highest BCUT2D eigenvalue weighted by Gasteiger charge is 2.26. The van der Waals surface area contributed by atoms with E-state index >= 15 is 0 Å². The lowest BCUT2D eigenvalue weighted by Crippen LogP contribution is -2.37. The Hall–Kier alpha value is -1.74. The summed E-state index contributed by atoms with van der Waals surface area (Å²) in [6.45, 7) is 1.59. The molecule has 0 amide bonds. The lowest BCUT2D eigenvalue weighted by atomic mass is 10.2. The fourth-order valence-corrected chi connectivity index (χ4v) is 2.75. The van der Waals surface area contributed by atoms with Gasteiger partial charge in [0, 0.05) is 25.7 Å². The molecule has 1 heterocycles. The molecule has 1 atom stereocenters. The first-order chi connectivity index (χ1) is 8.78. The molecule has 0 saturated heterocycles. The Morgan fingerprint density at radius 3 is 2.79 bits per heavy atom. The van der Waals surface area contributed by atoms with Gasteiger partial charge in [0.2, 0.25) is 10.0 Å². The summed E-state index contributed by atoms with van der Waals surface area (Å²) in [7, 11) is -2.55. The third-order valence-corrected chi connectivity index (χ3v) is 4.55. The van der Waals surface area contributed by atoms with Crippen LogP contribution in [0, 0.1) is 5.82 Å². The average Bonchev–Trinajstić information content (AvgIpc) is 2.37. The van der Waals surface area contributed by atoms with E-state index in [2.05, 4.69) is 10.1 Å². The molecule has 0 aromatic carbocycles. The van der Waals surface area contributed by atoms with Crippen LogP contribution in [0.5, 0.6) is 0 Å². The van der Waals surface area contributed by atoms with Crippen molar-refractivity contribution < 1.29 is 18.0 Å². The molecule has 1 rings (SSSR count). The first-order valence-corrected chi connectivity index (χ1v) is 6.78. The van der Waals surface area contributed by atoms with E-state index in [1.165, 1.54) is 7.05 Å². The van der Waals surface area contributed by atoms with Crippen molar-refractivity contribution in [1.29, 1.82) is 0 Å². The van der Waals surface area contributed by atoms with Crippen molar-refractivity contribution >= 4 is 15.9 Å². The number of nitrogens with zero attached hydrogens (tertiary/aromatic N) is 3. The highest BCUT2D eigenvalue weighted by atomic mass is 32.2. The largest absolute Gasteiger partial charge is 0.409 e. The summed E-state index contributed by atoms with van der Waals surface area (Å²) in [4.78, 5) is 3.25. The molecule has 0 bridgehead atoms. The number of sulfonamides is 1. The van der Waals surface area contributed by atoms with E-state index in [4.69, 9.17) is 10.9 Å². The van der Waals surface area contributed by atoms with Gasteiger partial charge in [-0.15, -0.1) is 0 Å². The molecule has 7 nitrogen and oxygen atoms in total. The zero-order valence-corrected chi connectivity index (χ0v) is 11.3. The fourth-order valence-electron chi connectivity index (χ4n) is 1.41. The predicted molar refractivity (Wildman–Crippen MR) is 66.6 cm³/mol. The van der Waals surface area contributed by atoms with Gasteiger partial charge in [0.05, 0.1) is 6.20 Å². The Morgan fingerprint density at radius 2 is 2.26 bits per heavy atom. The zero-order chi connectivity index (χ0) is 14.6. The summed E-state index contributed by atoms with van der Waals surface area (Å²) in [6, 6.07) is 0.332. The summed E-state index contributed by atoms with van der Waals surface area (Å²) in [6.07, 6.45) is 2.03. The number of pyridine rings is 1. The molecule has 0 spiro atoms. The van der Waals surface area contributed by atoms with Gasteiger partial charge in [-0.3, -0.25) is 4.98 Å². The van der Waals surface area contributed by atoms with Crippen LogP contribution < -0.4 is 5.73 Å². The van der Waals surface area contributed by atoms with Gasteiger partial charge < -0.3 is 10.9 Å². The SMILES string of the molecule is CC(CC(N)=NO)N(C)S(=O)(=O)c1cncc(F)c1. The third kappa shape index (κ3) is 3.61. The second-order valence-corrected chi connectivity index (χ2v) is 6.00. The quantitative estimate of drug-likeness (QED) is 0.352. The van der Waals surface area contributed by atoms with Crippen molar-refractivity contribution in [2.75, 3.05) is 7.05 Å². The minimum atomic E-state index is -3.88. The molecule has 0 aliphatic carbocycles. The van der Waals surface area contributed by atoms with Crippen molar-refractivity contribution in [3.8, 4) is 0 Å². The Bertz CT molecular complexity index is 576. The molecule has 0 saturated carbocycles. The van der Waals surface area contributed by atoms with Gasteiger partial charge in [0.25, 0.3) is 0 Å². The standard InChI is InChI=1S/C10H15FN4O3S/c1-7(3-10(12)14-16)15(2)19(17,18)9-4-8(11)5-13-6-9/h4-7,16H,3H2,1-2H3,(H2,12,14). The molecule has 19 heavy (non-hydrogen) atoms. The number of nitrogens with two attached hydrogens (primary N) is 1. The molecule has 0 fully saturated rings. The Kier molecular flexibility index (Phi) is 4.78. The van der Waals surface area contributed by atoms with Crippen LogP contribution in [-0.4, -0.2) is 41.8 Å². The maximum Gasteiger partial charge on any atom is 0.244 e. The maximum atomic E-state index is 13.0.